The lowest BCUT2D eigenvalue weighted by Crippen LogP contribution is -2.37. The molecular formula is C17H22N4. The molecule has 2 aromatic rings. The average Bonchev–Trinajstić information content (AvgIpc) is 2.54. The molecule has 2 aromatic carbocycles. The lowest BCUT2D eigenvalue weighted by molar-refractivity contribution is 0.664. The van der Waals surface area contributed by atoms with E-state index in [2.05, 4.69) is 46.9 Å². The molecule has 4 heteroatoms. The van der Waals surface area contributed by atoms with Crippen LogP contribution in [0.4, 0.5) is 5.69 Å². The molecule has 0 saturated heterocycles. The average molecular weight is 282 g/mol. The van der Waals surface area contributed by atoms with Crippen molar-refractivity contribution < 1.29 is 0 Å². The van der Waals surface area contributed by atoms with Crippen molar-refractivity contribution >= 4 is 11.6 Å². The first-order valence-corrected chi connectivity index (χ1v) is 7.18. The minimum atomic E-state index is 0.187. The number of guanidine groups is 1. The summed E-state index contributed by atoms with van der Waals surface area (Å²) in [6, 6.07) is 20.5. The summed E-state index contributed by atoms with van der Waals surface area (Å²) < 4.78 is 0. The zero-order valence-electron chi connectivity index (χ0n) is 12.3. The fourth-order valence-electron chi connectivity index (χ4n) is 2.07. The van der Waals surface area contributed by atoms with Crippen molar-refractivity contribution in [2.45, 2.75) is 25.8 Å². The van der Waals surface area contributed by atoms with Crippen molar-refractivity contribution in [2.24, 2.45) is 10.8 Å². The standard InChI is InChI=1S/C17H22N4/c1-14(12-13-15-8-4-2-5-9-15)19-17(21-18)20-16-10-6-3-7-11-16/h2-11,14H,12-13,18H2,1H3,(H2,19,20,21). The van der Waals surface area contributed by atoms with Crippen LogP contribution in [-0.2, 0) is 6.42 Å². The van der Waals surface area contributed by atoms with E-state index >= 15 is 0 Å². The maximum atomic E-state index is 5.53. The number of hydrogen-bond acceptors (Lipinski definition) is 2. The molecule has 0 radical (unpaired) electrons. The Hall–Kier alpha value is -2.33. The second kappa shape index (κ2) is 8.07. The zero-order valence-corrected chi connectivity index (χ0v) is 12.3. The Morgan fingerprint density at radius 2 is 1.67 bits per heavy atom. The van der Waals surface area contributed by atoms with Crippen molar-refractivity contribution in [1.29, 1.82) is 0 Å². The summed E-state index contributed by atoms with van der Waals surface area (Å²) in [5.41, 5.74) is 4.91. The van der Waals surface area contributed by atoms with Gasteiger partial charge in [-0.3, -0.25) is 5.43 Å². The summed E-state index contributed by atoms with van der Waals surface area (Å²) >= 11 is 0. The van der Waals surface area contributed by atoms with Crippen LogP contribution in [0.5, 0.6) is 0 Å². The molecule has 2 rings (SSSR count). The molecule has 0 heterocycles. The highest BCUT2D eigenvalue weighted by atomic mass is 15.3. The molecule has 0 fully saturated rings. The van der Waals surface area contributed by atoms with Gasteiger partial charge in [-0.05, 0) is 37.5 Å². The van der Waals surface area contributed by atoms with Crippen molar-refractivity contribution in [3.05, 3.63) is 66.2 Å². The first kappa shape index (κ1) is 15.1. The van der Waals surface area contributed by atoms with Gasteiger partial charge >= 0.3 is 0 Å². The molecular weight excluding hydrogens is 260 g/mol. The quantitative estimate of drug-likeness (QED) is 0.342. The smallest absolute Gasteiger partial charge is 0.210 e. The summed E-state index contributed by atoms with van der Waals surface area (Å²) in [5.74, 6) is 6.12. The van der Waals surface area contributed by atoms with E-state index in [1.165, 1.54) is 5.56 Å². The zero-order chi connectivity index (χ0) is 14.9. The molecule has 21 heavy (non-hydrogen) atoms. The molecule has 0 amide bonds. The summed E-state index contributed by atoms with van der Waals surface area (Å²) in [4.78, 5) is 4.57. The van der Waals surface area contributed by atoms with Crippen LogP contribution in [0, 0.1) is 0 Å². The summed E-state index contributed by atoms with van der Waals surface area (Å²) in [7, 11) is 0. The number of para-hydroxylation sites is 1. The highest BCUT2D eigenvalue weighted by Crippen LogP contribution is 2.08. The van der Waals surface area contributed by atoms with Gasteiger partial charge in [0.25, 0.3) is 0 Å². The first-order chi connectivity index (χ1) is 10.3. The Bertz CT molecular complexity index is 552. The van der Waals surface area contributed by atoms with Crippen LogP contribution in [-0.4, -0.2) is 12.0 Å². The number of hydrazine groups is 1. The normalized spacial score (nSPS) is 12.8. The minimum Gasteiger partial charge on any atom is -0.325 e. The van der Waals surface area contributed by atoms with Gasteiger partial charge in [0.1, 0.15) is 0 Å². The van der Waals surface area contributed by atoms with E-state index in [4.69, 9.17) is 5.84 Å². The van der Waals surface area contributed by atoms with Crippen LogP contribution in [0.1, 0.15) is 18.9 Å². The third kappa shape index (κ3) is 5.28. The van der Waals surface area contributed by atoms with E-state index in [-0.39, 0.29) is 6.04 Å². The Balaban J connectivity index is 1.89. The molecule has 0 spiro atoms. The van der Waals surface area contributed by atoms with Gasteiger partial charge in [0.05, 0.1) is 6.04 Å². The molecule has 0 saturated carbocycles. The second-order valence-corrected chi connectivity index (χ2v) is 4.99. The highest BCUT2D eigenvalue weighted by Gasteiger charge is 2.04. The van der Waals surface area contributed by atoms with Crippen molar-refractivity contribution in [3.63, 3.8) is 0 Å². The highest BCUT2D eigenvalue weighted by molar-refractivity contribution is 5.93. The van der Waals surface area contributed by atoms with E-state index in [9.17, 15) is 0 Å². The molecule has 0 aromatic heterocycles. The van der Waals surface area contributed by atoms with Gasteiger partial charge < -0.3 is 5.32 Å². The van der Waals surface area contributed by atoms with E-state index < -0.39 is 0 Å². The predicted octanol–water partition coefficient (Wildman–Crippen LogP) is 2.94. The molecule has 1 atom stereocenters. The lowest BCUT2D eigenvalue weighted by atomic mass is 10.1. The molecule has 0 aliphatic carbocycles. The lowest BCUT2D eigenvalue weighted by Gasteiger charge is -2.12. The number of nitrogens with one attached hydrogen (secondary N) is 2. The van der Waals surface area contributed by atoms with Crippen molar-refractivity contribution in [3.8, 4) is 0 Å². The Labute approximate surface area is 126 Å². The number of benzene rings is 2. The van der Waals surface area contributed by atoms with Gasteiger partial charge in [0.15, 0.2) is 0 Å². The molecule has 0 aliphatic heterocycles. The second-order valence-electron chi connectivity index (χ2n) is 4.99. The monoisotopic (exact) mass is 282 g/mol. The number of aliphatic imine (C=N–C) groups is 1. The van der Waals surface area contributed by atoms with E-state index in [0.29, 0.717) is 5.96 Å². The number of nitrogens with two attached hydrogens (primary N) is 1. The van der Waals surface area contributed by atoms with Gasteiger partial charge in [0.2, 0.25) is 5.96 Å². The van der Waals surface area contributed by atoms with E-state index in [1.54, 1.807) is 0 Å². The van der Waals surface area contributed by atoms with Gasteiger partial charge in [0, 0.05) is 5.69 Å². The van der Waals surface area contributed by atoms with Gasteiger partial charge in [-0.15, -0.1) is 0 Å². The Kier molecular flexibility index (Phi) is 5.79. The van der Waals surface area contributed by atoms with Crippen LogP contribution < -0.4 is 16.6 Å². The van der Waals surface area contributed by atoms with Crippen LogP contribution in [0.2, 0.25) is 0 Å². The maximum Gasteiger partial charge on any atom is 0.210 e. The third-order valence-electron chi connectivity index (χ3n) is 3.22. The third-order valence-corrected chi connectivity index (χ3v) is 3.22. The van der Waals surface area contributed by atoms with Crippen molar-refractivity contribution in [2.75, 3.05) is 5.32 Å². The molecule has 0 aliphatic rings. The molecule has 4 nitrogen and oxygen atoms in total. The molecule has 110 valence electrons. The largest absolute Gasteiger partial charge is 0.325 e. The molecule has 4 N–H and O–H groups in total. The topological polar surface area (TPSA) is 62.4 Å². The fourth-order valence-corrected chi connectivity index (χ4v) is 2.07. The number of hydrogen-bond donors (Lipinski definition) is 3. The predicted molar refractivity (Wildman–Crippen MR) is 89.0 cm³/mol. The maximum absolute atomic E-state index is 5.53. The SMILES string of the molecule is CC(CCc1ccccc1)N=C(NN)Nc1ccccc1. The minimum absolute atomic E-state index is 0.187. The summed E-state index contributed by atoms with van der Waals surface area (Å²) in [6.07, 6.45) is 1.99. The van der Waals surface area contributed by atoms with Gasteiger partial charge in [-0.1, -0.05) is 48.5 Å². The van der Waals surface area contributed by atoms with Crippen LogP contribution in [0.3, 0.4) is 0 Å². The Morgan fingerprint density at radius 1 is 1.05 bits per heavy atom. The number of anilines is 1. The van der Waals surface area contributed by atoms with Crippen LogP contribution in [0.15, 0.2) is 65.7 Å². The number of nitrogens with zero attached hydrogens (tertiary/aromatic N) is 1. The Morgan fingerprint density at radius 3 is 2.29 bits per heavy atom. The van der Waals surface area contributed by atoms with Crippen LogP contribution >= 0.6 is 0 Å². The van der Waals surface area contributed by atoms with E-state index in [1.807, 2.05) is 36.4 Å². The van der Waals surface area contributed by atoms with Gasteiger partial charge in [-0.2, -0.15) is 0 Å². The summed E-state index contributed by atoms with van der Waals surface area (Å²) in [6.45, 7) is 2.09. The fraction of sp³-hybridized carbons (Fsp3) is 0.235. The van der Waals surface area contributed by atoms with Crippen LogP contribution in [0.25, 0.3) is 0 Å². The van der Waals surface area contributed by atoms with Gasteiger partial charge in [-0.25, -0.2) is 10.8 Å². The molecule has 0 bridgehead atoms. The number of rotatable bonds is 5. The first-order valence-electron chi connectivity index (χ1n) is 7.18. The number of aryl methyl sites for hydroxylation is 1. The molecule has 1 unspecified atom stereocenters. The van der Waals surface area contributed by atoms with E-state index in [0.717, 1.165) is 18.5 Å². The summed E-state index contributed by atoms with van der Waals surface area (Å²) in [5, 5.41) is 3.17. The van der Waals surface area contributed by atoms with Crippen molar-refractivity contribution in [1.82, 2.24) is 5.43 Å².